The summed E-state index contributed by atoms with van der Waals surface area (Å²) in [5, 5.41) is 12.8. The Hall–Kier alpha value is -2.29. The van der Waals surface area contributed by atoms with Crippen LogP contribution in [0.25, 0.3) is 0 Å². The van der Waals surface area contributed by atoms with Gasteiger partial charge >= 0.3 is 0 Å². The van der Waals surface area contributed by atoms with E-state index in [1.807, 2.05) is 30.3 Å². The first-order valence-electron chi connectivity index (χ1n) is 9.96. The number of hydrogen-bond donors (Lipinski definition) is 5. The second-order valence-corrected chi connectivity index (χ2v) is 6.91. The van der Waals surface area contributed by atoms with Crippen molar-refractivity contribution in [2.45, 2.75) is 39.7 Å². The fourth-order valence-corrected chi connectivity index (χ4v) is 2.59. The van der Waals surface area contributed by atoms with Gasteiger partial charge in [0.05, 0.1) is 18.5 Å². The lowest BCUT2D eigenvalue weighted by Crippen LogP contribution is -2.48. The zero-order chi connectivity index (χ0) is 22.2. The van der Waals surface area contributed by atoms with Crippen molar-refractivity contribution in [3.63, 3.8) is 0 Å². The van der Waals surface area contributed by atoms with E-state index >= 15 is 0 Å². The maximum atomic E-state index is 12.3. The molecule has 1 aromatic rings. The molecule has 0 spiro atoms. The Labute approximate surface area is 173 Å². The van der Waals surface area contributed by atoms with Gasteiger partial charge in [-0.2, -0.15) is 0 Å². The Balaban J connectivity index is 0.00000245. The van der Waals surface area contributed by atoms with Crippen LogP contribution in [0, 0.1) is 11.8 Å². The molecule has 0 heterocycles. The highest BCUT2D eigenvalue weighted by Gasteiger charge is 2.23. The first-order chi connectivity index (χ1) is 13.8. The van der Waals surface area contributed by atoms with Gasteiger partial charge in [-0.25, -0.2) is 0 Å². The maximum absolute atomic E-state index is 12.3. The summed E-state index contributed by atoms with van der Waals surface area (Å²) in [6.07, 6.45) is 0.878. The Morgan fingerprint density at radius 3 is 2.17 bits per heavy atom. The van der Waals surface area contributed by atoms with Gasteiger partial charge in [-0.3, -0.25) is 14.4 Å². The van der Waals surface area contributed by atoms with Crippen molar-refractivity contribution >= 4 is 17.6 Å². The minimum absolute atomic E-state index is 0.0703. The van der Waals surface area contributed by atoms with Crippen molar-refractivity contribution in [2.24, 2.45) is 23.3 Å². The van der Waals surface area contributed by atoms with Gasteiger partial charge in [-0.05, 0) is 31.9 Å². The molecule has 2 unspecified atom stereocenters. The van der Waals surface area contributed by atoms with Crippen LogP contribution in [0.15, 0.2) is 30.3 Å². The normalized spacial score (nSPS) is 12.4. The van der Waals surface area contributed by atoms with E-state index in [1.165, 1.54) is 0 Å². The molecule has 0 aliphatic rings. The summed E-state index contributed by atoms with van der Waals surface area (Å²) in [7, 11) is 0. The predicted molar refractivity (Wildman–Crippen MR) is 114 cm³/mol. The zero-order valence-corrected chi connectivity index (χ0v) is 17.7. The SMILES string of the molecule is CC(C)C(=O)C(CCN)NC(=O)CNC(=O)C(CN)Cc1ccccc1.CCO. The molecule has 0 aromatic heterocycles. The molecule has 0 bridgehead atoms. The summed E-state index contributed by atoms with van der Waals surface area (Å²) in [6.45, 7) is 5.76. The number of benzene rings is 1. The molecule has 1 rings (SSSR count). The second kappa shape index (κ2) is 15.6. The molecule has 0 fully saturated rings. The molecule has 0 aliphatic heterocycles. The number of hydrogen-bond acceptors (Lipinski definition) is 6. The largest absolute Gasteiger partial charge is 0.397 e. The molecule has 0 radical (unpaired) electrons. The molecule has 2 atom stereocenters. The Morgan fingerprint density at radius 2 is 1.69 bits per heavy atom. The number of ketones is 1. The highest BCUT2D eigenvalue weighted by molar-refractivity contribution is 5.92. The predicted octanol–water partition coefficient (Wildman–Crippen LogP) is -0.0225. The van der Waals surface area contributed by atoms with E-state index in [1.54, 1.807) is 20.8 Å². The van der Waals surface area contributed by atoms with Crippen LogP contribution >= 0.6 is 0 Å². The van der Waals surface area contributed by atoms with Gasteiger partial charge in [-0.15, -0.1) is 0 Å². The van der Waals surface area contributed by atoms with E-state index in [0.717, 1.165) is 5.56 Å². The van der Waals surface area contributed by atoms with Gasteiger partial charge in [0.2, 0.25) is 11.8 Å². The number of rotatable bonds is 11. The molecule has 0 saturated heterocycles. The number of carbonyl (C=O) groups is 3. The van der Waals surface area contributed by atoms with Crippen molar-refractivity contribution in [1.82, 2.24) is 10.6 Å². The first kappa shape index (κ1) is 26.7. The topological polar surface area (TPSA) is 148 Å². The fraction of sp³-hybridized carbons (Fsp3) is 0.571. The highest BCUT2D eigenvalue weighted by Crippen LogP contribution is 2.08. The molecule has 29 heavy (non-hydrogen) atoms. The number of aliphatic hydroxyl groups is 1. The number of aliphatic hydroxyl groups excluding tert-OH is 1. The monoisotopic (exact) mass is 408 g/mol. The van der Waals surface area contributed by atoms with E-state index in [-0.39, 0.29) is 37.3 Å². The van der Waals surface area contributed by atoms with Gasteiger partial charge in [0.25, 0.3) is 0 Å². The third-order valence-electron chi connectivity index (χ3n) is 4.11. The van der Waals surface area contributed by atoms with Crippen molar-refractivity contribution in [1.29, 1.82) is 0 Å². The summed E-state index contributed by atoms with van der Waals surface area (Å²) < 4.78 is 0. The van der Waals surface area contributed by atoms with E-state index in [2.05, 4.69) is 10.6 Å². The summed E-state index contributed by atoms with van der Waals surface area (Å²) in [4.78, 5) is 36.4. The van der Waals surface area contributed by atoms with E-state index in [4.69, 9.17) is 16.6 Å². The third-order valence-corrected chi connectivity index (χ3v) is 4.11. The Morgan fingerprint density at radius 1 is 1.10 bits per heavy atom. The molecule has 1 aromatic carbocycles. The molecule has 7 N–H and O–H groups in total. The van der Waals surface area contributed by atoms with Crippen LogP contribution in [-0.2, 0) is 20.8 Å². The van der Waals surface area contributed by atoms with Crippen LogP contribution in [0.3, 0.4) is 0 Å². The van der Waals surface area contributed by atoms with Crippen LogP contribution in [0.4, 0.5) is 0 Å². The number of amides is 2. The molecular weight excluding hydrogens is 372 g/mol. The Bertz CT molecular complexity index is 608. The quantitative estimate of drug-likeness (QED) is 0.347. The smallest absolute Gasteiger partial charge is 0.239 e. The van der Waals surface area contributed by atoms with Crippen molar-refractivity contribution in [3.8, 4) is 0 Å². The van der Waals surface area contributed by atoms with E-state index in [0.29, 0.717) is 19.4 Å². The van der Waals surface area contributed by atoms with Gasteiger partial charge < -0.3 is 27.2 Å². The zero-order valence-electron chi connectivity index (χ0n) is 17.7. The van der Waals surface area contributed by atoms with Crippen molar-refractivity contribution in [2.75, 3.05) is 26.2 Å². The lowest BCUT2D eigenvalue weighted by Gasteiger charge is -2.20. The summed E-state index contributed by atoms with van der Waals surface area (Å²) in [6, 6.07) is 8.94. The molecule has 0 saturated carbocycles. The minimum atomic E-state index is -0.626. The van der Waals surface area contributed by atoms with Gasteiger partial charge in [0, 0.05) is 19.1 Å². The summed E-state index contributed by atoms with van der Waals surface area (Å²) >= 11 is 0. The van der Waals surface area contributed by atoms with Gasteiger partial charge in [0.1, 0.15) is 0 Å². The lowest BCUT2D eigenvalue weighted by atomic mass is 9.98. The standard InChI is InChI=1S/C19H30N4O3.C2H6O/c1-13(2)18(25)16(8-9-20)23-17(24)12-22-19(26)15(11-21)10-14-6-4-3-5-7-14;1-2-3/h3-7,13,15-16H,8-12,20-21H2,1-2H3,(H,22,26)(H,23,24);3H,2H2,1H3. The molecule has 0 aliphatic carbocycles. The van der Waals surface area contributed by atoms with Crippen molar-refractivity contribution < 1.29 is 19.5 Å². The average Bonchev–Trinajstić information content (AvgIpc) is 2.70. The first-order valence-corrected chi connectivity index (χ1v) is 9.96. The van der Waals surface area contributed by atoms with Gasteiger partial charge in [0.15, 0.2) is 5.78 Å². The van der Waals surface area contributed by atoms with Crippen LogP contribution in [-0.4, -0.2) is 55.0 Å². The molecule has 164 valence electrons. The number of nitrogens with one attached hydrogen (secondary N) is 2. The molecule has 8 nitrogen and oxygen atoms in total. The van der Waals surface area contributed by atoms with Crippen molar-refractivity contribution in [3.05, 3.63) is 35.9 Å². The molecular formula is C21H36N4O4. The maximum Gasteiger partial charge on any atom is 0.239 e. The van der Waals surface area contributed by atoms with Crippen LogP contribution in [0.5, 0.6) is 0 Å². The second-order valence-electron chi connectivity index (χ2n) is 6.91. The average molecular weight is 409 g/mol. The number of Topliss-reactive ketones (excluding diaryl/α,β-unsaturated/α-hetero) is 1. The lowest BCUT2D eigenvalue weighted by molar-refractivity contribution is -0.131. The summed E-state index contributed by atoms with van der Waals surface area (Å²) in [5.74, 6) is -1.38. The Kier molecular flexibility index (Phi) is 14.4. The van der Waals surface area contributed by atoms with Gasteiger partial charge in [-0.1, -0.05) is 44.2 Å². The van der Waals surface area contributed by atoms with E-state index in [9.17, 15) is 14.4 Å². The van der Waals surface area contributed by atoms with Crippen LogP contribution in [0.2, 0.25) is 0 Å². The third kappa shape index (κ3) is 11.3. The van der Waals surface area contributed by atoms with E-state index < -0.39 is 17.9 Å². The highest BCUT2D eigenvalue weighted by atomic mass is 16.2. The fourth-order valence-electron chi connectivity index (χ4n) is 2.59. The molecule has 8 heteroatoms. The minimum Gasteiger partial charge on any atom is -0.397 e. The number of nitrogens with two attached hydrogens (primary N) is 2. The van der Waals surface area contributed by atoms with Crippen LogP contribution < -0.4 is 22.1 Å². The van der Waals surface area contributed by atoms with Crippen LogP contribution in [0.1, 0.15) is 32.8 Å². The summed E-state index contributed by atoms with van der Waals surface area (Å²) in [5.41, 5.74) is 12.2. The molecule has 2 amide bonds. The number of carbonyl (C=O) groups excluding carboxylic acids is 3.